The molecule has 1 aromatic carbocycles. The molecule has 1 aliphatic rings. The molecule has 96 valence electrons. The van der Waals surface area contributed by atoms with Crippen LogP contribution in [0.5, 0.6) is 0 Å². The monoisotopic (exact) mass is 315 g/mol. The molecule has 3 rings (SSSR count). The zero-order valence-electron chi connectivity index (χ0n) is 10.7. The number of aryl methyl sites for hydroxylation is 2. The fraction of sp³-hybridized carbons (Fsp3) is 0.250. The van der Waals surface area contributed by atoms with Gasteiger partial charge in [0.05, 0.1) is 11.6 Å². The van der Waals surface area contributed by atoms with Gasteiger partial charge in [-0.15, -0.1) is 0 Å². The molecule has 1 aromatic heterocycles. The maximum Gasteiger partial charge on any atom is 0.173 e. The Morgan fingerprint density at radius 2 is 2.16 bits per heavy atom. The van der Waals surface area contributed by atoms with Gasteiger partial charge in [0.1, 0.15) is 0 Å². The molecule has 1 unspecified atom stereocenters. The second kappa shape index (κ2) is 4.89. The first-order valence-corrected chi connectivity index (χ1v) is 7.21. The van der Waals surface area contributed by atoms with Crippen molar-refractivity contribution in [1.29, 1.82) is 0 Å². The number of fused-ring (bicyclic) bond motifs is 1. The van der Waals surface area contributed by atoms with E-state index in [0.717, 1.165) is 34.1 Å². The van der Waals surface area contributed by atoms with Crippen molar-refractivity contribution in [2.24, 2.45) is 0 Å². The van der Waals surface area contributed by atoms with E-state index in [4.69, 9.17) is 0 Å². The van der Waals surface area contributed by atoms with E-state index >= 15 is 0 Å². The smallest absolute Gasteiger partial charge is 0.173 e. The van der Waals surface area contributed by atoms with Gasteiger partial charge in [-0.05, 0) is 52.9 Å². The van der Waals surface area contributed by atoms with Crippen LogP contribution in [-0.2, 0) is 6.42 Å². The number of ketones is 1. The fourth-order valence-electron chi connectivity index (χ4n) is 2.69. The zero-order chi connectivity index (χ0) is 13.4. The van der Waals surface area contributed by atoms with E-state index in [2.05, 4.69) is 27.0 Å². The molecule has 0 spiro atoms. The van der Waals surface area contributed by atoms with Crippen LogP contribution in [-0.4, -0.2) is 10.8 Å². The van der Waals surface area contributed by atoms with Gasteiger partial charge in [0.15, 0.2) is 5.78 Å². The summed E-state index contributed by atoms with van der Waals surface area (Å²) in [6.45, 7) is 2.00. The van der Waals surface area contributed by atoms with Gasteiger partial charge in [0.2, 0.25) is 0 Å². The highest BCUT2D eigenvalue weighted by molar-refractivity contribution is 9.10. The summed E-state index contributed by atoms with van der Waals surface area (Å²) in [5.41, 5.74) is 4.03. The minimum atomic E-state index is -0.0886. The minimum Gasteiger partial charge on any atom is -0.293 e. The molecule has 1 atom stereocenters. The van der Waals surface area contributed by atoms with Gasteiger partial charge in [-0.25, -0.2) is 0 Å². The lowest BCUT2D eigenvalue weighted by atomic mass is 9.94. The van der Waals surface area contributed by atoms with Gasteiger partial charge in [0, 0.05) is 16.2 Å². The first-order chi connectivity index (χ1) is 9.18. The Kier molecular flexibility index (Phi) is 3.23. The number of hydrogen-bond acceptors (Lipinski definition) is 2. The SMILES string of the molecule is Cc1cccc(C(=O)C2CCc3cccnc32)c1Br. The van der Waals surface area contributed by atoms with Gasteiger partial charge >= 0.3 is 0 Å². The lowest BCUT2D eigenvalue weighted by Gasteiger charge is -2.12. The highest BCUT2D eigenvalue weighted by Gasteiger charge is 2.31. The number of hydrogen-bond donors (Lipinski definition) is 0. The summed E-state index contributed by atoms with van der Waals surface area (Å²) >= 11 is 3.53. The number of carbonyl (C=O) groups is 1. The van der Waals surface area contributed by atoms with Crippen LogP contribution in [0.4, 0.5) is 0 Å². The first-order valence-electron chi connectivity index (χ1n) is 6.41. The lowest BCUT2D eigenvalue weighted by molar-refractivity contribution is 0.0957. The van der Waals surface area contributed by atoms with Gasteiger partial charge < -0.3 is 0 Å². The van der Waals surface area contributed by atoms with Crippen molar-refractivity contribution in [3.05, 3.63) is 63.4 Å². The molecule has 2 aromatic rings. The molecular weight excluding hydrogens is 302 g/mol. The number of aromatic nitrogens is 1. The predicted molar refractivity (Wildman–Crippen MR) is 78.5 cm³/mol. The maximum absolute atomic E-state index is 12.7. The van der Waals surface area contributed by atoms with Crippen molar-refractivity contribution in [2.75, 3.05) is 0 Å². The number of benzene rings is 1. The average Bonchev–Trinajstić information content (AvgIpc) is 2.85. The Labute approximate surface area is 121 Å². The second-order valence-electron chi connectivity index (χ2n) is 4.94. The molecule has 0 saturated heterocycles. The highest BCUT2D eigenvalue weighted by atomic mass is 79.9. The third kappa shape index (κ3) is 2.12. The van der Waals surface area contributed by atoms with Crippen LogP contribution < -0.4 is 0 Å². The molecule has 0 fully saturated rings. The number of Topliss-reactive ketones (excluding diaryl/α,β-unsaturated/α-hetero) is 1. The van der Waals surface area contributed by atoms with E-state index in [9.17, 15) is 4.79 Å². The second-order valence-corrected chi connectivity index (χ2v) is 5.73. The maximum atomic E-state index is 12.7. The van der Waals surface area contributed by atoms with E-state index in [-0.39, 0.29) is 11.7 Å². The molecule has 0 saturated carbocycles. The number of halogens is 1. The average molecular weight is 316 g/mol. The van der Waals surface area contributed by atoms with Crippen molar-refractivity contribution in [2.45, 2.75) is 25.7 Å². The van der Waals surface area contributed by atoms with E-state index in [1.54, 1.807) is 6.20 Å². The third-order valence-electron chi connectivity index (χ3n) is 3.73. The Balaban J connectivity index is 2.00. The summed E-state index contributed by atoms with van der Waals surface area (Å²) in [6.07, 6.45) is 3.59. The van der Waals surface area contributed by atoms with Crippen LogP contribution in [0.25, 0.3) is 0 Å². The summed E-state index contributed by atoms with van der Waals surface area (Å²) in [6, 6.07) is 9.83. The summed E-state index contributed by atoms with van der Waals surface area (Å²) in [4.78, 5) is 17.1. The van der Waals surface area contributed by atoms with Crippen molar-refractivity contribution >= 4 is 21.7 Å². The number of nitrogens with zero attached hydrogens (tertiary/aromatic N) is 1. The lowest BCUT2D eigenvalue weighted by Crippen LogP contribution is -2.12. The predicted octanol–water partition coefficient (Wildman–Crippen LogP) is 4.07. The van der Waals surface area contributed by atoms with E-state index in [1.807, 2.05) is 31.2 Å². The zero-order valence-corrected chi connectivity index (χ0v) is 12.3. The molecule has 0 bridgehead atoms. The minimum absolute atomic E-state index is 0.0886. The van der Waals surface area contributed by atoms with Crippen LogP contribution in [0, 0.1) is 6.92 Å². The molecule has 19 heavy (non-hydrogen) atoms. The molecule has 3 heteroatoms. The van der Waals surface area contributed by atoms with Crippen molar-refractivity contribution < 1.29 is 4.79 Å². The molecule has 1 aliphatic carbocycles. The first kappa shape index (κ1) is 12.5. The molecule has 1 heterocycles. The summed E-state index contributed by atoms with van der Waals surface area (Å²) in [5, 5.41) is 0. The van der Waals surface area contributed by atoms with Gasteiger partial charge in [0.25, 0.3) is 0 Å². The van der Waals surface area contributed by atoms with Gasteiger partial charge in [-0.2, -0.15) is 0 Å². The Morgan fingerprint density at radius 3 is 3.00 bits per heavy atom. The standard InChI is InChI=1S/C16H14BrNO/c1-10-4-2-6-12(14(10)17)16(19)13-8-7-11-5-3-9-18-15(11)13/h2-6,9,13H,7-8H2,1H3. The van der Waals surface area contributed by atoms with Crippen LogP contribution >= 0.6 is 15.9 Å². The van der Waals surface area contributed by atoms with Crippen LogP contribution in [0.15, 0.2) is 41.0 Å². The molecule has 0 N–H and O–H groups in total. The van der Waals surface area contributed by atoms with Crippen LogP contribution in [0.1, 0.15) is 39.5 Å². The van der Waals surface area contributed by atoms with Crippen LogP contribution in [0.3, 0.4) is 0 Å². The quantitative estimate of drug-likeness (QED) is 0.782. The van der Waals surface area contributed by atoms with E-state index in [1.165, 1.54) is 5.56 Å². The largest absolute Gasteiger partial charge is 0.293 e. The summed E-state index contributed by atoms with van der Waals surface area (Å²) < 4.78 is 0.907. The normalized spacial score (nSPS) is 17.3. The van der Waals surface area contributed by atoms with E-state index in [0.29, 0.717) is 0 Å². The summed E-state index contributed by atoms with van der Waals surface area (Å²) in [5.74, 6) is 0.0855. The highest BCUT2D eigenvalue weighted by Crippen LogP contribution is 2.35. The van der Waals surface area contributed by atoms with E-state index < -0.39 is 0 Å². The Hall–Kier alpha value is -1.48. The van der Waals surface area contributed by atoms with Crippen LogP contribution in [0.2, 0.25) is 0 Å². The number of pyridine rings is 1. The van der Waals surface area contributed by atoms with Crippen molar-refractivity contribution in [1.82, 2.24) is 4.98 Å². The topological polar surface area (TPSA) is 30.0 Å². The molecule has 2 nitrogen and oxygen atoms in total. The van der Waals surface area contributed by atoms with Gasteiger partial charge in [-0.1, -0.05) is 24.3 Å². The Bertz CT molecular complexity index is 651. The van der Waals surface area contributed by atoms with Crippen molar-refractivity contribution in [3.63, 3.8) is 0 Å². The Morgan fingerprint density at radius 1 is 1.32 bits per heavy atom. The number of rotatable bonds is 2. The van der Waals surface area contributed by atoms with Gasteiger partial charge in [-0.3, -0.25) is 9.78 Å². The van der Waals surface area contributed by atoms with Crippen molar-refractivity contribution in [3.8, 4) is 0 Å². The molecule has 0 aliphatic heterocycles. The molecule has 0 radical (unpaired) electrons. The molecule has 0 amide bonds. The fourth-order valence-corrected chi connectivity index (χ4v) is 3.15. The number of carbonyl (C=O) groups excluding carboxylic acids is 1. The third-order valence-corrected chi connectivity index (χ3v) is 4.78. The summed E-state index contributed by atoms with van der Waals surface area (Å²) in [7, 11) is 0. The molecular formula is C16H14BrNO.